The summed E-state index contributed by atoms with van der Waals surface area (Å²) in [6.07, 6.45) is -7.25. The van der Waals surface area contributed by atoms with E-state index in [4.69, 9.17) is 0 Å². The van der Waals surface area contributed by atoms with Crippen molar-refractivity contribution < 1.29 is 31.1 Å². The van der Waals surface area contributed by atoms with E-state index in [0.717, 1.165) is 24.4 Å². The van der Waals surface area contributed by atoms with E-state index in [9.17, 15) is 31.1 Å². The molecule has 1 aliphatic heterocycles. The van der Waals surface area contributed by atoms with Crippen LogP contribution in [0.5, 0.6) is 0 Å². The number of carbonyl (C=O) groups is 1. The SMILES string of the molecule is CCC(=O)N[C@@H]1CCN(c2ccc(C(F)(F)F)nc2)[C@H]1c1ccc(C(F)(F)F)cc1. The molecule has 4 nitrogen and oxygen atoms in total. The second-order valence-electron chi connectivity index (χ2n) is 6.97. The first-order chi connectivity index (χ1) is 14.0. The molecule has 30 heavy (non-hydrogen) atoms. The largest absolute Gasteiger partial charge is 0.433 e. The second kappa shape index (κ2) is 8.16. The van der Waals surface area contributed by atoms with Crippen LogP contribution in [0.1, 0.15) is 42.6 Å². The Kier molecular flexibility index (Phi) is 5.96. The van der Waals surface area contributed by atoms with Gasteiger partial charge in [-0.1, -0.05) is 19.1 Å². The maximum Gasteiger partial charge on any atom is 0.433 e. The number of hydrogen-bond acceptors (Lipinski definition) is 3. The molecule has 0 saturated carbocycles. The first-order valence-corrected chi connectivity index (χ1v) is 9.27. The smallest absolute Gasteiger partial charge is 0.361 e. The van der Waals surface area contributed by atoms with Gasteiger partial charge in [-0.25, -0.2) is 4.98 Å². The molecule has 1 aromatic carbocycles. The van der Waals surface area contributed by atoms with Crippen LogP contribution in [0.2, 0.25) is 0 Å². The number of alkyl halides is 6. The highest BCUT2D eigenvalue weighted by Gasteiger charge is 2.38. The number of halogens is 6. The summed E-state index contributed by atoms with van der Waals surface area (Å²) in [5, 5.41) is 2.85. The Morgan fingerprint density at radius 1 is 1.07 bits per heavy atom. The number of carbonyl (C=O) groups excluding carboxylic acids is 1. The maximum absolute atomic E-state index is 12.9. The van der Waals surface area contributed by atoms with Crippen LogP contribution in [0.4, 0.5) is 32.0 Å². The molecule has 0 bridgehead atoms. The van der Waals surface area contributed by atoms with E-state index in [-0.39, 0.29) is 12.3 Å². The highest BCUT2D eigenvalue weighted by molar-refractivity contribution is 5.76. The number of pyridine rings is 1. The average Bonchev–Trinajstić information content (AvgIpc) is 3.10. The first kappa shape index (κ1) is 21.9. The fourth-order valence-electron chi connectivity index (χ4n) is 3.55. The van der Waals surface area contributed by atoms with Gasteiger partial charge >= 0.3 is 12.4 Å². The molecule has 0 unspecified atom stereocenters. The quantitative estimate of drug-likeness (QED) is 0.696. The van der Waals surface area contributed by atoms with Crippen molar-refractivity contribution in [1.29, 1.82) is 0 Å². The number of amides is 1. The fraction of sp³-hybridized carbons (Fsp3) is 0.400. The minimum absolute atomic E-state index is 0.218. The minimum Gasteiger partial charge on any atom is -0.361 e. The minimum atomic E-state index is -4.58. The topological polar surface area (TPSA) is 45.2 Å². The molecule has 3 rings (SSSR count). The van der Waals surface area contributed by atoms with Gasteiger partial charge in [0.1, 0.15) is 5.69 Å². The Bertz CT molecular complexity index is 877. The van der Waals surface area contributed by atoms with Crippen molar-refractivity contribution in [3.63, 3.8) is 0 Å². The summed E-state index contributed by atoms with van der Waals surface area (Å²) in [5.74, 6) is -0.218. The van der Waals surface area contributed by atoms with E-state index >= 15 is 0 Å². The van der Waals surface area contributed by atoms with Gasteiger partial charge in [-0.15, -0.1) is 0 Å². The zero-order valence-electron chi connectivity index (χ0n) is 15.9. The lowest BCUT2D eigenvalue weighted by atomic mass is 9.98. The van der Waals surface area contributed by atoms with Gasteiger partial charge in [0.05, 0.1) is 29.5 Å². The van der Waals surface area contributed by atoms with Crippen molar-refractivity contribution in [1.82, 2.24) is 10.3 Å². The Hall–Kier alpha value is -2.78. The van der Waals surface area contributed by atoms with E-state index in [1.807, 2.05) is 0 Å². The molecule has 10 heteroatoms. The van der Waals surface area contributed by atoms with Gasteiger partial charge in [0.2, 0.25) is 5.91 Å². The lowest BCUT2D eigenvalue weighted by Gasteiger charge is -2.31. The normalized spacial score (nSPS) is 19.8. The predicted molar refractivity (Wildman–Crippen MR) is 97.6 cm³/mol. The Balaban J connectivity index is 1.94. The number of anilines is 1. The predicted octanol–water partition coefficient (Wildman–Crippen LogP) is 4.97. The third-order valence-corrected chi connectivity index (χ3v) is 5.01. The van der Waals surface area contributed by atoms with Crippen LogP contribution in [0.25, 0.3) is 0 Å². The van der Waals surface area contributed by atoms with E-state index in [1.165, 1.54) is 18.2 Å². The number of benzene rings is 1. The van der Waals surface area contributed by atoms with Crippen LogP contribution in [0.3, 0.4) is 0 Å². The van der Waals surface area contributed by atoms with Crippen molar-refractivity contribution in [2.75, 3.05) is 11.4 Å². The van der Waals surface area contributed by atoms with Crippen molar-refractivity contribution >= 4 is 11.6 Å². The number of aromatic nitrogens is 1. The molecule has 2 heterocycles. The molecule has 1 saturated heterocycles. The van der Waals surface area contributed by atoms with Crippen molar-refractivity contribution in [2.24, 2.45) is 0 Å². The summed E-state index contributed by atoms with van der Waals surface area (Å²) in [6.45, 7) is 2.07. The summed E-state index contributed by atoms with van der Waals surface area (Å²) in [7, 11) is 0. The Labute approximate surface area is 168 Å². The molecule has 162 valence electrons. The molecule has 1 aromatic heterocycles. The van der Waals surface area contributed by atoms with Gasteiger partial charge in [-0.05, 0) is 36.2 Å². The van der Waals surface area contributed by atoms with Gasteiger partial charge < -0.3 is 10.2 Å². The van der Waals surface area contributed by atoms with Crippen LogP contribution in [-0.2, 0) is 17.1 Å². The molecule has 2 aromatic rings. The van der Waals surface area contributed by atoms with Crippen LogP contribution >= 0.6 is 0 Å². The van der Waals surface area contributed by atoms with Gasteiger partial charge in [-0.2, -0.15) is 26.3 Å². The molecule has 2 atom stereocenters. The summed E-state index contributed by atoms with van der Waals surface area (Å²) >= 11 is 0. The summed E-state index contributed by atoms with van der Waals surface area (Å²) in [4.78, 5) is 17.1. The zero-order chi connectivity index (χ0) is 22.1. The Morgan fingerprint density at radius 3 is 2.23 bits per heavy atom. The maximum atomic E-state index is 12.9. The third kappa shape index (κ3) is 4.68. The molecule has 1 aliphatic rings. The van der Waals surface area contributed by atoms with E-state index < -0.39 is 35.7 Å². The Morgan fingerprint density at radius 2 is 1.73 bits per heavy atom. The van der Waals surface area contributed by atoms with Crippen LogP contribution in [-0.4, -0.2) is 23.5 Å². The van der Waals surface area contributed by atoms with Crippen LogP contribution < -0.4 is 10.2 Å². The zero-order valence-corrected chi connectivity index (χ0v) is 15.9. The molecule has 0 aliphatic carbocycles. The molecule has 0 radical (unpaired) electrons. The molecular weight excluding hydrogens is 412 g/mol. The average molecular weight is 431 g/mol. The van der Waals surface area contributed by atoms with E-state index in [1.54, 1.807) is 11.8 Å². The molecule has 1 N–H and O–H groups in total. The molecule has 1 amide bonds. The lowest BCUT2D eigenvalue weighted by Crippen LogP contribution is -2.39. The summed E-state index contributed by atoms with van der Waals surface area (Å²) in [6, 6.07) is 5.75. The third-order valence-electron chi connectivity index (χ3n) is 5.01. The monoisotopic (exact) mass is 431 g/mol. The van der Waals surface area contributed by atoms with Crippen LogP contribution in [0, 0.1) is 0 Å². The number of nitrogens with one attached hydrogen (secondary N) is 1. The number of nitrogens with zero attached hydrogens (tertiary/aromatic N) is 2. The summed E-state index contributed by atoms with van der Waals surface area (Å²) < 4.78 is 77.1. The second-order valence-corrected chi connectivity index (χ2v) is 6.97. The van der Waals surface area contributed by atoms with E-state index in [0.29, 0.717) is 24.2 Å². The van der Waals surface area contributed by atoms with E-state index in [2.05, 4.69) is 10.3 Å². The number of rotatable bonds is 4. The van der Waals surface area contributed by atoms with Gasteiger partial charge in [0.15, 0.2) is 0 Å². The standard InChI is InChI=1S/C20H19F6N3O/c1-2-17(30)28-15-9-10-29(14-7-8-16(27-11-14)20(24,25)26)18(15)12-3-5-13(6-4-12)19(21,22)23/h3-8,11,15,18H,2,9-10H2,1H3,(H,28,30)/t15-,18+/m1/s1. The summed E-state index contributed by atoms with van der Waals surface area (Å²) in [5.41, 5.74) is -0.934. The first-order valence-electron chi connectivity index (χ1n) is 9.27. The van der Waals surface area contributed by atoms with Crippen molar-refractivity contribution in [2.45, 2.75) is 44.2 Å². The lowest BCUT2D eigenvalue weighted by molar-refractivity contribution is -0.141. The fourth-order valence-corrected chi connectivity index (χ4v) is 3.55. The molecule has 0 spiro atoms. The van der Waals surface area contributed by atoms with Crippen molar-refractivity contribution in [3.05, 3.63) is 59.4 Å². The van der Waals surface area contributed by atoms with Gasteiger partial charge in [-0.3, -0.25) is 4.79 Å². The van der Waals surface area contributed by atoms with Crippen molar-refractivity contribution in [3.8, 4) is 0 Å². The number of hydrogen-bond donors (Lipinski definition) is 1. The molecule has 1 fully saturated rings. The van der Waals surface area contributed by atoms with Gasteiger partial charge in [0.25, 0.3) is 0 Å². The van der Waals surface area contributed by atoms with Gasteiger partial charge in [0, 0.05) is 13.0 Å². The molecular formula is C20H19F6N3O. The van der Waals surface area contributed by atoms with Crippen LogP contribution in [0.15, 0.2) is 42.6 Å². The highest BCUT2D eigenvalue weighted by Crippen LogP contribution is 2.38. The highest BCUT2D eigenvalue weighted by atomic mass is 19.4.